The van der Waals surface area contributed by atoms with Crippen LogP contribution in [-0.4, -0.2) is 23.1 Å². The standard InChI is InChI=1S/C15H27N5/c1-3-6-12-7-5-9-20(10-8-12)15-13(4-2)14(19-16)17-11-18-15/h11-12H,3-10,16H2,1-2H3,(H,17,18,19). The lowest BCUT2D eigenvalue weighted by molar-refractivity contribution is 0.435. The molecule has 5 heteroatoms. The molecular weight excluding hydrogens is 250 g/mol. The molecule has 1 unspecified atom stereocenters. The highest BCUT2D eigenvalue weighted by molar-refractivity contribution is 5.58. The maximum atomic E-state index is 5.56. The smallest absolute Gasteiger partial charge is 0.148 e. The predicted octanol–water partition coefficient (Wildman–Crippen LogP) is 2.73. The van der Waals surface area contributed by atoms with E-state index in [0.717, 1.165) is 42.6 Å². The van der Waals surface area contributed by atoms with Crippen LogP contribution < -0.4 is 16.2 Å². The lowest BCUT2D eigenvalue weighted by Gasteiger charge is -2.24. The Kier molecular flexibility index (Phi) is 5.59. The van der Waals surface area contributed by atoms with Crippen LogP contribution in [0, 0.1) is 5.92 Å². The molecule has 0 saturated carbocycles. The fraction of sp³-hybridized carbons (Fsp3) is 0.733. The summed E-state index contributed by atoms with van der Waals surface area (Å²) in [5, 5.41) is 0. The van der Waals surface area contributed by atoms with Gasteiger partial charge in [-0.05, 0) is 31.6 Å². The molecule has 5 nitrogen and oxygen atoms in total. The Balaban J connectivity index is 2.15. The van der Waals surface area contributed by atoms with Gasteiger partial charge in [-0.3, -0.25) is 0 Å². The third-order valence-corrected chi connectivity index (χ3v) is 4.26. The summed E-state index contributed by atoms with van der Waals surface area (Å²) in [6, 6.07) is 0. The van der Waals surface area contributed by atoms with E-state index in [0.29, 0.717) is 0 Å². The second-order valence-corrected chi connectivity index (χ2v) is 5.59. The molecule has 2 heterocycles. The first-order valence-electron chi connectivity index (χ1n) is 7.85. The molecule has 0 amide bonds. The van der Waals surface area contributed by atoms with E-state index < -0.39 is 0 Å². The summed E-state index contributed by atoms with van der Waals surface area (Å²) in [5.41, 5.74) is 3.82. The Morgan fingerprint density at radius 1 is 1.30 bits per heavy atom. The first-order valence-corrected chi connectivity index (χ1v) is 7.85. The van der Waals surface area contributed by atoms with Gasteiger partial charge in [0.25, 0.3) is 0 Å². The van der Waals surface area contributed by atoms with Crippen LogP contribution in [0.1, 0.15) is 51.5 Å². The normalized spacial score (nSPS) is 19.8. The number of nitrogens with one attached hydrogen (secondary N) is 1. The van der Waals surface area contributed by atoms with Crippen LogP contribution in [-0.2, 0) is 6.42 Å². The Morgan fingerprint density at radius 3 is 2.85 bits per heavy atom. The van der Waals surface area contributed by atoms with Crippen LogP contribution in [0.2, 0.25) is 0 Å². The number of hydrogen-bond acceptors (Lipinski definition) is 5. The Hall–Kier alpha value is -1.36. The van der Waals surface area contributed by atoms with Gasteiger partial charge in [0.1, 0.15) is 18.0 Å². The molecule has 1 aromatic heterocycles. The van der Waals surface area contributed by atoms with Crippen molar-refractivity contribution in [2.75, 3.05) is 23.4 Å². The highest BCUT2D eigenvalue weighted by Gasteiger charge is 2.20. The molecule has 1 saturated heterocycles. The van der Waals surface area contributed by atoms with Gasteiger partial charge in [-0.2, -0.15) is 0 Å². The molecule has 1 atom stereocenters. The van der Waals surface area contributed by atoms with Crippen molar-refractivity contribution in [2.24, 2.45) is 11.8 Å². The van der Waals surface area contributed by atoms with E-state index in [1.807, 2.05) is 0 Å². The van der Waals surface area contributed by atoms with Gasteiger partial charge in [0.2, 0.25) is 0 Å². The number of nitrogens with two attached hydrogens (primary N) is 1. The fourth-order valence-electron chi connectivity index (χ4n) is 3.20. The zero-order valence-corrected chi connectivity index (χ0v) is 12.7. The van der Waals surface area contributed by atoms with Gasteiger partial charge < -0.3 is 10.3 Å². The van der Waals surface area contributed by atoms with Crippen LogP contribution in [0.3, 0.4) is 0 Å². The van der Waals surface area contributed by atoms with E-state index in [1.54, 1.807) is 6.33 Å². The van der Waals surface area contributed by atoms with Crippen LogP contribution >= 0.6 is 0 Å². The van der Waals surface area contributed by atoms with Crippen molar-refractivity contribution < 1.29 is 0 Å². The van der Waals surface area contributed by atoms with Gasteiger partial charge in [-0.25, -0.2) is 15.8 Å². The van der Waals surface area contributed by atoms with Gasteiger partial charge in [-0.15, -0.1) is 0 Å². The van der Waals surface area contributed by atoms with Crippen molar-refractivity contribution in [1.29, 1.82) is 0 Å². The van der Waals surface area contributed by atoms with E-state index in [1.165, 1.54) is 32.1 Å². The molecule has 0 bridgehead atoms. The maximum Gasteiger partial charge on any atom is 0.148 e. The molecule has 0 aliphatic carbocycles. The Bertz CT molecular complexity index is 421. The average molecular weight is 277 g/mol. The van der Waals surface area contributed by atoms with Gasteiger partial charge in [0.15, 0.2) is 0 Å². The molecule has 3 N–H and O–H groups in total. The lowest BCUT2D eigenvalue weighted by Crippen LogP contribution is -2.27. The molecule has 20 heavy (non-hydrogen) atoms. The van der Waals surface area contributed by atoms with Crippen LogP contribution in [0.5, 0.6) is 0 Å². The average Bonchev–Trinajstić information content (AvgIpc) is 2.72. The van der Waals surface area contributed by atoms with Crippen LogP contribution in [0.15, 0.2) is 6.33 Å². The second kappa shape index (κ2) is 7.43. The minimum Gasteiger partial charge on any atom is -0.356 e. The molecule has 1 aliphatic heterocycles. The van der Waals surface area contributed by atoms with Crippen molar-refractivity contribution in [3.63, 3.8) is 0 Å². The third-order valence-electron chi connectivity index (χ3n) is 4.26. The summed E-state index contributed by atoms with van der Waals surface area (Å²) in [7, 11) is 0. The van der Waals surface area contributed by atoms with Crippen molar-refractivity contribution in [3.05, 3.63) is 11.9 Å². The van der Waals surface area contributed by atoms with Crippen molar-refractivity contribution in [3.8, 4) is 0 Å². The van der Waals surface area contributed by atoms with Crippen molar-refractivity contribution >= 4 is 11.6 Å². The molecule has 2 rings (SSSR count). The highest BCUT2D eigenvalue weighted by atomic mass is 15.3. The number of hydrazine groups is 1. The minimum absolute atomic E-state index is 0.756. The monoisotopic (exact) mass is 277 g/mol. The van der Waals surface area contributed by atoms with E-state index >= 15 is 0 Å². The molecule has 1 aliphatic rings. The number of aromatic nitrogens is 2. The van der Waals surface area contributed by atoms with Gasteiger partial charge in [-0.1, -0.05) is 26.7 Å². The zero-order chi connectivity index (χ0) is 14.4. The van der Waals surface area contributed by atoms with E-state index in [-0.39, 0.29) is 0 Å². The largest absolute Gasteiger partial charge is 0.356 e. The number of nitrogen functional groups attached to an aromatic ring is 1. The summed E-state index contributed by atoms with van der Waals surface area (Å²) in [6.45, 7) is 6.59. The fourth-order valence-corrected chi connectivity index (χ4v) is 3.20. The summed E-state index contributed by atoms with van der Waals surface area (Å²) in [6.07, 6.45) is 9.02. The predicted molar refractivity (Wildman–Crippen MR) is 83.7 cm³/mol. The highest BCUT2D eigenvalue weighted by Crippen LogP contribution is 2.28. The van der Waals surface area contributed by atoms with Crippen LogP contribution in [0.4, 0.5) is 11.6 Å². The third kappa shape index (κ3) is 3.39. The zero-order valence-electron chi connectivity index (χ0n) is 12.7. The summed E-state index contributed by atoms with van der Waals surface area (Å²) < 4.78 is 0. The number of rotatable bonds is 5. The molecular formula is C15H27N5. The van der Waals surface area contributed by atoms with Gasteiger partial charge >= 0.3 is 0 Å². The first-order chi connectivity index (χ1) is 9.80. The van der Waals surface area contributed by atoms with Gasteiger partial charge in [0, 0.05) is 18.7 Å². The molecule has 1 aromatic rings. The molecule has 0 radical (unpaired) electrons. The van der Waals surface area contributed by atoms with Crippen molar-refractivity contribution in [2.45, 2.75) is 52.4 Å². The number of anilines is 2. The Morgan fingerprint density at radius 2 is 2.15 bits per heavy atom. The number of hydrogen-bond donors (Lipinski definition) is 2. The molecule has 1 fully saturated rings. The minimum atomic E-state index is 0.756. The quantitative estimate of drug-likeness (QED) is 0.640. The SMILES string of the molecule is CCCC1CCCN(c2ncnc(NN)c2CC)CC1. The van der Waals surface area contributed by atoms with E-state index in [4.69, 9.17) is 5.84 Å². The molecule has 112 valence electrons. The molecule has 0 spiro atoms. The van der Waals surface area contributed by atoms with Crippen LogP contribution in [0.25, 0.3) is 0 Å². The topological polar surface area (TPSA) is 67.1 Å². The summed E-state index contributed by atoms with van der Waals surface area (Å²) in [5.74, 6) is 8.26. The summed E-state index contributed by atoms with van der Waals surface area (Å²) >= 11 is 0. The summed E-state index contributed by atoms with van der Waals surface area (Å²) in [4.78, 5) is 11.1. The maximum absolute atomic E-state index is 5.56. The molecule has 0 aromatic carbocycles. The van der Waals surface area contributed by atoms with E-state index in [2.05, 4.69) is 34.1 Å². The Labute approximate surface area is 121 Å². The van der Waals surface area contributed by atoms with Crippen molar-refractivity contribution in [1.82, 2.24) is 9.97 Å². The lowest BCUT2D eigenvalue weighted by atomic mass is 9.96. The van der Waals surface area contributed by atoms with Gasteiger partial charge in [0.05, 0.1) is 0 Å². The number of nitrogens with zero attached hydrogens (tertiary/aromatic N) is 3. The first kappa shape index (κ1) is 15.0. The second-order valence-electron chi connectivity index (χ2n) is 5.59. The van der Waals surface area contributed by atoms with E-state index in [9.17, 15) is 0 Å².